The summed E-state index contributed by atoms with van der Waals surface area (Å²) in [6.07, 6.45) is 1.97. The number of rotatable bonds is 6. The van der Waals surface area contributed by atoms with Crippen molar-refractivity contribution < 1.29 is 23.5 Å². The van der Waals surface area contributed by atoms with Crippen molar-refractivity contribution in [2.24, 2.45) is 0 Å². The molecule has 3 rings (SSSR count). The molecule has 0 radical (unpaired) electrons. The Morgan fingerprint density at radius 1 is 1.18 bits per heavy atom. The van der Waals surface area contributed by atoms with Crippen LogP contribution >= 0.6 is 0 Å². The van der Waals surface area contributed by atoms with Crippen LogP contribution in [0.15, 0.2) is 39.5 Å². The average molecular weight is 384 g/mol. The molecular formula is C20H20N2O6. The molecule has 0 aliphatic heterocycles. The Balaban J connectivity index is 1.58. The number of carbonyl (C=O) groups excluding carboxylic acids is 3. The maximum absolute atomic E-state index is 12.2. The fraction of sp³-hybridized carbons (Fsp3) is 0.300. The summed E-state index contributed by atoms with van der Waals surface area (Å²) in [5, 5.41) is 5.45. The Morgan fingerprint density at radius 2 is 1.93 bits per heavy atom. The lowest BCUT2D eigenvalue weighted by molar-refractivity contribution is -0.119. The van der Waals surface area contributed by atoms with Crippen LogP contribution in [0, 0.1) is 13.8 Å². The molecule has 0 saturated heterocycles. The molecule has 1 heterocycles. The Hall–Kier alpha value is -3.42. The van der Waals surface area contributed by atoms with Gasteiger partial charge in [-0.05, 0) is 50.5 Å². The van der Waals surface area contributed by atoms with Crippen molar-refractivity contribution in [3.63, 3.8) is 0 Å². The average Bonchev–Trinajstić information content (AvgIpc) is 3.43. The topological polar surface area (TPSA) is 115 Å². The maximum Gasteiger partial charge on any atom is 0.342 e. The largest absolute Gasteiger partial charge is 0.452 e. The highest BCUT2D eigenvalue weighted by molar-refractivity contribution is 5.99. The highest BCUT2D eigenvalue weighted by Crippen LogP contribution is 2.20. The van der Waals surface area contributed by atoms with Crippen LogP contribution in [0.5, 0.6) is 0 Å². The van der Waals surface area contributed by atoms with Gasteiger partial charge in [-0.15, -0.1) is 0 Å². The number of hydrogen-bond acceptors (Lipinski definition) is 6. The molecule has 2 amide bonds. The van der Waals surface area contributed by atoms with Crippen molar-refractivity contribution in [3.05, 3.63) is 63.2 Å². The van der Waals surface area contributed by atoms with Crippen molar-refractivity contribution in [1.29, 1.82) is 0 Å². The van der Waals surface area contributed by atoms with Crippen LogP contribution in [0.1, 0.15) is 44.9 Å². The van der Waals surface area contributed by atoms with Crippen LogP contribution in [-0.2, 0) is 9.53 Å². The summed E-state index contributed by atoms with van der Waals surface area (Å²) in [5.41, 5.74) is 0.824. The summed E-state index contributed by atoms with van der Waals surface area (Å²) in [6.45, 7) is 2.54. The normalized spacial score (nSPS) is 12.9. The van der Waals surface area contributed by atoms with E-state index in [1.54, 1.807) is 31.2 Å². The fourth-order valence-corrected chi connectivity index (χ4v) is 2.70. The minimum atomic E-state index is -0.758. The molecule has 0 unspecified atom stereocenters. The van der Waals surface area contributed by atoms with Gasteiger partial charge in [0.1, 0.15) is 11.3 Å². The molecule has 8 nitrogen and oxygen atoms in total. The minimum absolute atomic E-state index is 0.117. The number of nitrogens with one attached hydrogen (secondary N) is 2. The van der Waals surface area contributed by atoms with Gasteiger partial charge in [0.05, 0.1) is 0 Å². The number of carbonyl (C=O) groups is 3. The van der Waals surface area contributed by atoms with E-state index in [-0.39, 0.29) is 23.3 Å². The minimum Gasteiger partial charge on any atom is -0.452 e. The predicted octanol–water partition coefficient (Wildman–Crippen LogP) is 1.94. The van der Waals surface area contributed by atoms with E-state index in [1.165, 1.54) is 13.0 Å². The summed E-state index contributed by atoms with van der Waals surface area (Å²) in [7, 11) is 0. The molecule has 1 aromatic heterocycles. The number of anilines is 1. The third-order valence-electron chi connectivity index (χ3n) is 4.19. The van der Waals surface area contributed by atoms with Gasteiger partial charge in [-0.3, -0.25) is 9.59 Å². The molecular weight excluding hydrogens is 364 g/mol. The lowest BCUT2D eigenvalue weighted by Crippen LogP contribution is -2.25. The Morgan fingerprint density at radius 3 is 2.61 bits per heavy atom. The van der Waals surface area contributed by atoms with Crippen molar-refractivity contribution in [1.82, 2.24) is 5.32 Å². The van der Waals surface area contributed by atoms with Crippen LogP contribution in [0.4, 0.5) is 5.69 Å². The van der Waals surface area contributed by atoms with E-state index in [0.29, 0.717) is 16.8 Å². The van der Waals surface area contributed by atoms with Crippen molar-refractivity contribution in [2.75, 3.05) is 11.9 Å². The van der Waals surface area contributed by atoms with Crippen LogP contribution in [0.3, 0.4) is 0 Å². The van der Waals surface area contributed by atoms with E-state index in [9.17, 15) is 19.2 Å². The maximum atomic E-state index is 12.2. The summed E-state index contributed by atoms with van der Waals surface area (Å²) >= 11 is 0. The summed E-state index contributed by atoms with van der Waals surface area (Å²) in [4.78, 5) is 47.6. The molecule has 0 spiro atoms. The number of amides is 2. The summed E-state index contributed by atoms with van der Waals surface area (Å²) in [6, 6.07) is 7.91. The summed E-state index contributed by atoms with van der Waals surface area (Å²) < 4.78 is 9.90. The standard InChI is InChI=1S/C20H20N2O6/c1-11-8-17(24)28-12(2)18(11)20(26)27-10-16(23)21-15-5-3-4-13(9-15)19(25)22-14-6-7-14/h3-5,8-9,14H,6-7,10H2,1-2H3,(H,21,23)(H,22,25). The third kappa shape index (κ3) is 4.85. The number of esters is 1. The molecule has 1 aromatic carbocycles. The number of ether oxygens (including phenoxy) is 1. The van der Waals surface area contributed by atoms with Crippen LogP contribution in [0.2, 0.25) is 0 Å². The molecule has 1 aliphatic rings. The second-order valence-electron chi connectivity index (χ2n) is 6.63. The molecule has 0 bridgehead atoms. The first-order valence-corrected chi connectivity index (χ1v) is 8.82. The van der Waals surface area contributed by atoms with E-state index >= 15 is 0 Å². The van der Waals surface area contributed by atoms with Crippen LogP contribution < -0.4 is 16.3 Å². The molecule has 1 aliphatic carbocycles. The fourth-order valence-electron chi connectivity index (χ4n) is 2.70. The molecule has 146 valence electrons. The molecule has 2 N–H and O–H groups in total. The van der Waals surface area contributed by atoms with Gasteiger partial charge >= 0.3 is 11.6 Å². The molecule has 8 heteroatoms. The number of hydrogen-bond donors (Lipinski definition) is 2. The van der Waals surface area contributed by atoms with E-state index in [1.807, 2.05) is 0 Å². The predicted molar refractivity (Wildman–Crippen MR) is 100 cm³/mol. The lowest BCUT2D eigenvalue weighted by Gasteiger charge is -2.10. The molecule has 1 saturated carbocycles. The van der Waals surface area contributed by atoms with Gasteiger partial charge in [0, 0.05) is 23.4 Å². The van der Waals surface area contributed by atoms with Crippen LogP contribution in [0.25, 0.3) is 0 Å². The van der Waals surface area contributed by atoms with Crippen molar-refractivity contribution >= 4 is 23.5 Å². The summed E-state index contributed by atoms with van der Waals surface area (Å²) in [5.74, 6) is -1.38. The van der Waals surface area contributed by atoms with Gasteiger partial charge in [0.15, 0.2) is 6.61 Å². The van der Waals surface area contributed by atoms with Gasteiger partial charge in [0.25, 0.3) is 11.8 Å². The monoisotopic (exact) mass is 384 g/mol. The van der Waals surface area contributed by atoms with Gasteiger partial charge < -0.3 is 19.8 Å². The van der Waals surface area contributed by atoms with Gasteiger partial charge in [-0.1, -0.05) is 6.07 Å². The first-order valence-electron chi connectivity index (χ1n) is 8.82. The zero-order valence-corrected chi connectivity index (χ0v) is 15.5. The third-order valence-corrected chi connectivity index (χ3v) is 4.19. The van der Waals surface area contributed by atoms with Gasteiger partial charge in [0.2, 0.25) is 0 Å². The molecule has 2 aromatic rings. The van der Waals surface area contributed by atoms with E-state index in [2.05, 4.69) is 10.6 Å². The second kappa shape index (κ2) is 8.08. The number of benzene rings is 1. The lowest BCUT2D eigenvalue weighted by atomic mass is 10.1. The second-order valence-corrected chi connectivity index (χ2v) is 6.63. The highest BCUT2D eigenvalue weighted by Gasteiger charge is 2.24. The van der Waals surface area contributed by atoms with E-state index < -0.39 is 24.1 Å². The quantitative estimate of drug-likeness (QED) is 0.736. The van der Waals surface area contributed by atoms with E-state index in [0.717, 1.165) is 12.8 Å². The Labute approximate surface area is 160 Å². The van der Waals surface area contributed by atoms with E-state index in [4.69, 9.17) is 9.15 Å². The SMILES string of the molecule is Cc1cc(=O)oc(C)c1C(=O)OCC(=O)Nc1cccc(C(=O)NC2CC2)c1. The zero-order chi connectivity index (χ0) is 20.3. The van der Waals surface area contributed by atoms with Gasteiger partial charge in [-0.2, -0.15) is 0 Å². The first-order chi connectivity index (χ1) is 13.3. The highest BCUT2D eigenvalue weighted by atomic mass is 16.5. The van der Waals surface area contributed by atoms with Crippen molar-refractivity contribution in [3.8, 4) is 0 Å². The Bertz CT molecular complexity index is 964. The smallest absolute Gasteiger partial charge is 0.342 e. The molecule has 1 fully saturated rings. The van der Waals surface area contributed by atoms with Crippen molar-refractivity contribution in [2.45, 2.75) is 32.7 Å². The zero-order valence-electron chi connectivity index (χ0n) is 15.5. The number of aryl methyl sites for hydroxylation is 2. The molecule has 0 atom stereocenters. The Kier molecular flexibility index (Phi) is 5.58. The first kappa shape index (κ1) is 19.3. The van der Waals surface area contributed by atoms with Crippen LogP contribution in [-0.4, -0.2) is 30.4 Å². The van der Waals surface area contributed by atoms with Gasteiger partial charge in [-0.25, -0.2) is 9.59 Å². The molecule has 28 heavy (non-hydrogen) atoms.